The van der Waals surface area contributed by atoms with Crippen molar-refractivity contribution in [2.24, 2.45) is 5.92 Å². The molecule has 0 bridgehead atoms. The Morgan fingerprint density at radius 1 is 0.705 bits per heavy atom. The van der Waals surface area contributed by atoms with Gasteiger partial charge < -0.3 is 20.1 Å². The van der Waals surface area contributed by atoms with Gasteiger partial charge >= 0.3 is 13.9 Å². The average Bonchev–Trinajstić information content (AvgIpc) is 3.22. The van der Waals surface area contributed by atoms with Crippen LogP contribution in [0.2, 0.25) is 0 Å². The Morgan fingerprint density at radius 2 is 1.26 bits per heavy atom. The number of amides is 2. The van der Waals surface area contributed by atoms with Gasteiger partial charge in [0.2, 0.25) is 5.91 Å². The molecule has 2 N–H and O–H groups in total. The normalized spacial score (nSPS) is 12.3. The van der Waals surface area contributed by atoms with Gasteiger partial charge in [-0.25, -0.2) is 9.36 Å². The van der Waals surface area contributed by atoms with E-state index in [1.807, 2.05) is 0 Å². The van der Waals surface area contributed by atoms with Crippen LogP contribution in [-0.2, 0) is 32.4 Å². The minimum Gasteiger partial charge on any atom is -0.444 e. The number of alkyl carbamates (subject to hydrolysis) is 1. The minimum atomic E-state index is -4.11. The van der Waals surface area contributed by atoms with Gasteiger partial charge in [-0.1, -0.05) is 122 Å². The second kappa shape index (κ2) is 40.0. The largest absolute Gasteiger partial charge is 0.475 e. The van der Waals surface area contributed by atoms with E-state index in [-0.39, 0.29) is 38.9 Å². The summed E-state index contributed by atoms with van der Waals surface area (Å²) in [4.78, 5) is 25.2. The summed E-state index contributed by atoms with van der Waals surface area (Å²) in [7, 11) is -4.11. The number of nitrogens with one attached hydrogen (secondary N) is 2. The Hall–Kier alpha value is -4.09. The van der Waals surface area contributed by atoms with Crippen LogP contribution >= 0.6 is 7.82 Å². The quantitative estimate of drug-likeness (QED) is 0.0280. The maximum absolute atomic E-state index is 13.6. The Balaban J connectivity index is 5.50. The molecule has 0 fully saturated rings. The van der Waals surface area contributed by atoms with Crippen molar-refractivity contribution in [3.05, 3.63) is 12.7 Å². The molecule has 0 rings (SSSR count). The Morgan fingerprint density at radius 3 is 1.84 bits per heavy atom. The molecule has 11 heteroatoms. The molecule has 0 aliphatic carbocycles. The molecule has 0 saturated heterocycles. The molecule has 0 saturated carbocycles. The van der Waals surface area contributed by atoms with Crippen molar-refractivity contribution in [3.8, 4) is 71.5 Å². The van der Waals surface area contributed by atoms with Crippen molar-refractivity contribution >= 4 is 19.8 Å². The molecule has 2 amide bonds. The van der Waals surface area contributed by atoms with Crippen LogP contribution in [-0.4, -0.2) is 63.2 Å². The van der Waals surface area contributed by atoms with Gasteiger partial charge in [-0.2, -0.15) is 0 Å². The summed E-state index contributed by atoms with van der Waals surface area (Å²) in [5, 5.41) is 5.57. The molecule has 0 aromatic carbocycles. The first-order valence-electron chi connectivity index (χ1n) is 22.4. The molecule has 0 heterocycles. The number of ether oxygens (including phenoxy) is 2. The molecule has 0 spiro atoms. The molecule has 3 atom stereocenters. The van der Waals surface area contributed by atoms with Crippen molar-refractivity contribution in [1.82, 2.24) is 10.6 Å². The van der Waals surface area contributed by atoms with E-state index in [1.165, 1.54) is 83.1 Å². The van der Waals surface area contributed by atoms with Crippen LogP contribution in [0.1, 0.15) is 163 Å². The van der Waals surface area contributed by atoms with E-state index >= 15 is 0 Å². The van der Waals surface area contributed by atoms with E-state index in [1.54, 1.807) is 20.8 Å². The number of phosphoric ester groups is 1. The molecule has 1 unspecified atom stereocenters. The smallest absolute Gasteiger partial charge is 0.444 e. The lowest BCUT2D eigenvalue weighted by atomic mass is 9.94. The Labute approximate surface area is 370 Å². The van der Waals surface area contributed by atoms with Gasteiger partial charge in [0.1, 0.15) is 5.60 Å². The summed E-state index contributed by atoms with van der Waals surface area (Å²) in [5.74, 6) is 29.0. The fourth-order valence-corrected chi connectivity index (χ4v) is 6.99. The first-order chi connectivity index (χ1) is 29.5. The van der Waals surface area contributed by atoms with Crippen LogP contribution in [0.5, 0.6) is 0 Å². The van der Waals surface area contributed by atoms with Crippen molar-refractivity contribution in [3.63, 3.8) is 0 Å². The lowest BCUT2D eigenvalue weighted by Gasteiger charge is -2.23. The monoisotopic (exact) mass is 863 g/mol. The highest BCUT2D eigenvalue weighted by atomic mass is 31.2. The molecule has 0 aliphatic heterocycles. The van der Waals surface area contributed by atoms with Crippen molar-refractivity contribution in [1.29, 1.82) is 0 Å². The first kappa shape index (κ1) is 56.9. The van der Waals surface area contributed by atoms with E-state index in [2.05, 4.69) is 96.2 Å². The molecular formula is C50H75N2O8P. The van der Waals surface area contributed by atoms with Crippen LogP contribution < -0.4 is 10.6 Å². The van der Waals surface area contributed by atoms with Gasteiger partial charge in [-0.05, 0) is 105 Å². The maximum Gasteiger partial charge on any atom is 0.475 e. The predicted molar refractivity (Wildman–Crippen MR) is 248 cm³/mol. The summed E-state index contributed by atoms with van der Waals surface area (Å²) in [6.45, 7) is 13.4. The Bertz CT molecular complexity index is 1620. The van der Waals surface area contributed by atoms with Gasteiger partial charge in [0.15, 0.2) is 0 Å². The molecule has 0 aromatic heterocycles. The highest BCUT2D eigenvalue weighted by Crippen LogP contribution is 2.49. The zero-order chi connectivity index (χ0) is 45.1. The lowest BCUT2D eigenvalue weighted by Crippen LogP contribution is -2.41. The summed E-state index contributed by atoms with van der Waals surface area (Å²) in [6, 6.07) is -0.623. The van der Waals surface area contributed by atoms with Crippen molar-refractivity contribution in [2.45, 2.75) is 175 Å². The topological polar surface area (TPSA) is 121 Å². The molecular weight excluding hydrogens is 788 g/mol. The molecule has 61 heavy (non-hydrogen) atoms. The number of hydrogen-bond donors (Lipinski definition) is 2. The summed E-state index contributed by atoms with van der Waals surface area (Å²) < 4.78 is 41.6. The number of unbranched alkanes of at least 4 members (excludes halogenated alkanes) is 14. The summed E-state index contributed by atoms with van der Waals surface area (Å²) in [6.07, 6.45) is 27.6. The number of phosphoric acid groups is 1. The van der Waals surface area contributed by atoms with Crippen LogP contribution in [0.4, 0.5) is 4.79 Å². The average molecular weight is 863 g/mol. The summed E-state index contributed by atoms with van der Waals surface area (Å²) >= 11 is 0. The third kappa shape index (κ3) is 39.8. The number of hydrogen-bond acceptors (Lipinski definition) is 8. The standard InChI is InChI=1S/C50H75N2O8P/c1-8-12-15-18-20-22-24-26-28-31-34-37-46(36-33-30-17-14-10-3)39-42-56-44-47(52-48(53)38-35-32-29-27-25-23-21-19-16-13-9-2)45-59-61(55,57-41-11-4)58-43-40-51-49(54)60-50(5,6)7/h1,11,46-47H,4,9-10,13-14,16-17,19,21,23,25,27,29-30,32-33,35-45H2,2-3,5-7H3,(H,51,54)(H,52,53)/t46-,47-,61?/m1/s1. The van der Waals surface area contributed by atoms with E-state index in [4.69, 9.17) is 29.5 Å². The lowest BCUT2D eigenvalue weighted by molar-refractivity contribution is -0.122. The predicted octanol–water partition coefficient (Wildman–Crippen LogP) is 10.5. The van der Waals surface area contributed by atoms with Gasteiger partial charge in [-0.3, -0.25) is 18.4 Å². The molecule has 0 radical (unpaired) electrons. The van der Waals surface area contributed by atoms with E-state index in [9.17, 15) is 14.2 Å². The molecule has 10 nitrogen and oxygen atoms in total. The van der Waals surface area contributed by atoms with Gasteiger partial charge in [-0.15, -0.1) is 13.0 Å². The van der Waals surface area contributed by atoms with Crippen LogP contribution in [0, 0.1) is 77.5 Å². The van der Waals surface area contributed by atoms with Gasteiger partial charge in [0, 0.05) is 26.0 Å². The van der Waals surface area contributed by atoms with E-state index < -0.39 is 25.6 Å². The van der Waals surface area contributed by atoms with Gasteiger partial charge in [0.05, 0.1) is 32.5 Å². The number of carbonyl (C=O) groups excluding carboxylic acids is 2. The summed E-state index contributed by atoms with van der Waals surface area (Å²) in [5.41, 5.74) is -0.671. The van der Waals surface area contributed by atoms with Crippen LogP contribution in [0.25, 0.3) is 0 Å². The number of carbonyl (C=O) groups is 2. The van der Waals surface area contributed by atoms with Gasteiger partial charge in [0.25, 0.3) is 0 Å². The zero-order valence-electron chi connectivity index (χ0n) is 38.1. The maximum atomic E-state index is 13.6. The van der Waals surface area contributed by atoms with Crippen LogP contribution in [0.15, 0.2) is 12.7 Å². The Kier molecular flexibility index (Phi) is 37.3. The molecule has 0 aliphatic rings. The fourth-order valence-electron chi connectivity index (χ4n) is 5.80. The second-order valence-electron chi connectivity index (χ2n) is 15.7. The van der Waals surface area contributed by atoms with Crippen LogP contribution in [0.3, 0.4) is 0 Å². The third-order valence-electron chi connectivity index (χ3n) is 8.93. The van der Waals surface area contributed by atoms with Crippen molar-refractivity contribution < 1.29 is 37.2 Å². The third-order valence-corrected chi connectivity index (χ3v) is 10.4. The molecule has 338 valence electrons. The SMILES string of the molecule is C#CC#CC#CC#CC#CC#CC[C@@H](CCCCCCC)CCOC[C@H](COP(=O)(OCC=C)OCCNC(=O)OC(C)(C)C)NC(=O)CCCCCCCCCCCCC. The fraction of sp³-hybridized carbons (Fsp3) is 0.680. The van der Waals surface area contributed by atoms with Crippen molar-refractivity contribution in [2.75, 3.05) is 39.6 Å². The second-order valence-corrected chi connectivity index (χ2v) is 17.4. The highest BCUT2D eigenvalue weighted by Gasteiger charge is 2.29. The first-order valence-corrected chi connectivity index (χ1v) is 23.9. The number of rotatable bonds is 35. The van der Waals surface area contributed by atoms with E-state index in [0.717, 1.165) is 38.5 Å². The highest BCUT2D eigenvalue weighted by molar-refractivity contribution is 7.48. The zero-order valence-corrected chi connectivity index (χ0v) is 39.0. The van der Waals surface area contributed by atoms with E-state index in [0.29, 0.717) is 25.4 Å². The minimum absolute atomic E-state index is 0.00614. The number of terminal acetylenes is 1. The molecule has 0 aromatic rings.